The van der Waals surface area contributed by atoms with Gasteiger partial charge >= 0.3 is 0 Å². The highest BCUT2D eigenvalue weighted by Gasteiger charge is 2.28. The van der Waals surface area contributed by atoms with Crippen molar-refractivity contribution in [3.63, 3.8) is 0 Å². The van der Waals surface area contributed by atoms with E-state index >= 15 is 0 Å². The maximum absolute atomic E-state index is 10.6. The number of aryl methyl sites for hydroxylation is 1. The fourth-order valence-corrected chi connectivity index (χ4v) is 4.11. The molecule has 1 aliphatic carbocycles. The molecular formula is C27H32ClN3O3. The zero-order valence-corrected chi connectivity index (χ0v) is 20.3. The van der Waals surface area contributed by atoms with Crippen molar-refractivity contribution >= 4 is 11.6 Å². The van der Waals surface area contributed by atoms with Crippen molar-refractivity contribution in [3.05, 3.63) is 83.5 Å². The maximum atomic E-state index is 10.6. The summed E-state index contributed by atoms with van der Waals surface area (Å²) in [6.07, 6.45) is 3.56. The minimum atomic E-state index is -0.587. The molecule has 34 heavy (non-hydrogen) atoms. The van der Waals surface area contributed by atoms with Gasteiger partial charge in [-0.1, -0.05) is 48.0 Å². The van der Waals surface area contributed by atoms with Gasteiger partial charge in [-0.15, -0.1) is 6.58 Å². The van der Waals surface area contributed by atoms with E-state index in [4.69, 9.17) is 26.2 Å². The standard InChI is InChI=1S/C27H32ClN3O3/c1-3-15-33-19-23(32)17-30(16-21-13-14-21)18-24-20(2)29-31(22-9-5-4-6-10-22)27(24)34-26-12-8-7-11-25(26)28/h3-12,21,23,32H,1,13-19H2,2H3. The molecule has 0 amide bonds. The van der Waals surface area contributed by atoms with Gasteiger partial charge in [-0.05, 0) is 49.9 Å². The van der Waals surface area contributed by atoms with Crippen LogP contribution in [0.15, 0.2) is 67.3 Å². The van der Waals surface area contributed by atoms with E-state index < -0.39 is 6.10 Å². The van der Waals surface area contributed by atoms with E-state index in [0.29, 0.717) is 42.3 Å². The third kappa shape index (κ3) is 6.48. The first-order valence-corrected chi connectivity index (χ1v) is 12.1. The molecule has 180 valence electrons. The van der Waals surface area contributed by atoms with Crippen LogP contribution in [0.4, 0.5) is 0 Å². The minimum Gasteiger partial charge on any atom is -0.437 e. The molecule has 1 heterocycles. The van der Waals surface area contributed by atoms with Crippen LogP contribution in [0.3, 0.4) is 0 Å². The molecule has 1 saturated carbocycles. The Hall–Kier alpha value is -2.64. The average Bonchev–Trinajstić information content (AvgIpc) is 3.60. The molecule has 0 aliphatic heterocycles. The van der Waals surface area contributed by atoms with Crippen LogP contribution in [0, 0.1) is 12.8 Å². The van der Waals surface area contributed by atoms with Gasteiger partial charge in [-0.25, -0.2) is 4.68 Å². The number of rotatable bonds is 13. The first kappa shape index (κ1) is 24.5. The van der Waals surface area contributed by atoms with Crippen LogP contribution in [0.5, 0.6) is 11.6 Å². The lowest BCUT2D eigenvalue weighted by molar-refractivity contribution is 0.0235. The second kappa shape index (κ2) is 11.7. The number of halogens is 1. The summed E-state index contributed by atoms with van der Waals surface area (Å²) < 4.78 is 13.7. The van der Waals surface area contributed by atoms with Gasteiger partial charge in [-0.3, -0.25) is 4.90 Å². The molecule has 7 heteroatoms. The Morgan fingerprint density at radius 3 is 2.65 bits per heavy atom. The smallest absolute Gasteiger partial charge is 0.227 e. The molecule has 0 bridgehead atoms. The summed E-state index contributed by atoms with van der Waals surface area (Å²) >= 11 is 6.42. The molecule has 1 N–H and O–H groups in total. The normalized spacial score (nSPS) is 14.4. The fourth-order valence-electron chi connectivity index (χ4n) is 3.93. The number of nitrogens with zero attached hydrogens (tertiary/aromatic N) is 3. The van der Waals surface area contributed by atoms with Crippen molar-refractivity contribution in [1.82, 2.24) is 14.7 Å². The van der Waals surface area contributed by atoms with E-state index in [1.165, 1.54) is 12.8 Å². The van der Waals surface area contributed by atoms with E-state index in [9.17, 15) is 5.11 Å². The lowest BCUT2D eigenvalue weighted by Gasteiger charge is -2.25. The fraction of sp³-hybridized carbons (Fsp3) is 0.370. The van der Waals surface area contributed by atoms with E-state index in [1.54, 1.807) is 6.08 Å². The summed E-state index contributed by atoms with van der Waals surface area (Å²) in [5.41, 5.74) is 2.76. The number of aromatic nitrogens is 2. The summed E-state index contributed by atoms with van der Waals surface area (Å²) in [4.78, 5) is 2.28. The number of benzene rings is 2. The number of aliphatic hydroxyl groups is 1. The zero-order chi connectivity index (χ0) is 23.9. The van der Waals surface area contributed by atoms with Gasteiger partial charge in [0.2, 0.25) is 5.88 Å². The second-order valence-corrected chi connectivity index (χ2v) is 9.17. The minimum absolute atomic E-state index is 0.276. The zero-order valence-electron chi connectivity index (χ0n) is 19.6. The SMILES string of the molecule is C=CCOCC(O)CN(Cc1c(C)nn(-c2ccccc2)c1Oc1ccccc1Cl)CC1CC1. The molecule has 1 unspecified atom stereocenters. The topological polar surface area (TPSA) is 59.8 Å². The molecule has 4 rings (SSSR count). The van der Waals surface area contributed by atoms with Gasteiger partial charge in [0.05, 0.1) is 41.3 Å². The summed E-state index contributed by atoms with van der Waals surface area (Å²) in [7, 11) is 0. The Kier molecular flexibility index (Phi) is 8.40. The predicted octanol–water partition coefficient (Wildman–Crippen LogP) is 5.40. The van der Waals surface area contributed by atoms with Crippen molar-refractivity contribution < 1.29 is 14.6 Å². The van der Waals surface area contributed by atoms with Gasteiger partial charge in [0, 0.05) is 19.6 Å². The quantitative estimate of drug-likeness (QED) is 0.261. The number of aliphatic hydroxyl groups excluding tert-OH is 1. The molecule has 0 spiro atoms. The van der Waals surface area contributed by atoms with Gasteiger partial charge in [0.15, 0.2) is 0 Å². The van der Waals surface area contributed by atoms with Crippen LogP contribution in [-0.2, 0) is 11.3 Å². The van der Waals surface area contributed by atoms with Crippen LogP contribution >= 0.6 is 11.6 Å². The molecule has 0 saturated heterocycles. The lowest BCUT2D eigenvalue weighted by Crippen LogP contribution is -2.36. The van der Waals surface area contributed by atoms with Crippen LogP contribution < -0.4 is 4.74 Å². The van der Waals surface area contributed by atoms with E-state index in [2.05, 4.69) is 11.5 Å². The van der Waals surface area contributed by atoms with Crippen LogP contribution in [0.1, 0.15) is 24.1 Å². The average molecular weight is 482 g/mol. The molecule has 3 aromatic rings. The Morgan fingerprint density at radius 1 is 1.21 bits per heavy atom. The van der Waals surface area contributed by atoms with Crippen molar-refractivity contribution in [2.45, 2.75) is 32.4 Å². The molecule has 1 aliphatic rings. The van der Waals surface area contributed by atoms with Crippen LogP contribution in [0.25, 0.3) is 5.69 Å². The van der Waals surface area contributed by atoms with Crippen molar-refractivity contribution in [1.29, 1.82) is 0 Å². The van der Waals surface area contributed by atoms with Gasteiger partial charge in [0.25, 0.3) is 0 Å². The first-order chi connectivity index (χ1) is 16.5. The third-order valence-electron chi connectivity index (χ3n) is 5.79. The maximum Gasteiger partial charge on any atom is 0.227 e. The number of ether oxygens (including phenoxy) is 2. The predicted molar refractivity (Wildman–Crippen MR) is 135 cm³/mol. The van der Waals surface area contributed by atoms with E-state index in [1.807, 2.05) is 66.2 Å². The van der Waals surface area contributed by atoms with Gasteiger partial charge in [0.1, 0.15) is 5.75 Å². The Balaban J connectivity index is 1.64. The van der Waals surface area contributed by atoms with Crippen LogP contribution in [-0.4, -0.2) is 52.2 Å². The lowest BCUT2D eigenvalue weighted by atomic mass is 10.2. The molecule has 1 fully saturated rings. The number of para-hydroxylation sites is 2. The summed E-state index contributed by atoms with van der Waals surface area (Å²) in [5.74, 6) is 1.88. The van der Waals surface area contributed by atoms with Crippen molar-refractivity contribution in [2.24, 2.45) is 5.92 Å². The molecule has 0 radical (unpaired) electrons. The Bertz CT molecular complexity index is 1080. The summed E-state index contributed by atoms with van der Waals surface area (Å²) in [6, 6.07) is 17.4. The molecular weight excluding hydrogens is 450 g/mol. The molecule has 6 nitrogen and oxygen atoms in total. The van der Waals surface area contributed by atoms with E-state index in [-0.39, 0.29) is 6.61 Å². The Labute approximate surface area is 206 Å². The number of hydrogen-bond acceptors (Lipinski definition) is 5. The Morgan fingerprint density at radius 2 is 1.94 bits per heavy atom. The van der Waals surface area contributed by atoms with Crippen LogP contribution in [0.2, 0.25) is 5.02 Å². The highest BCUT2D eigenvalue weighted by Crippen LogP contribution is 2.36. The second-order valence-electron chi connectivity index (χ2n) is 8.77. The third-order valence-corrected chi connectivity index (χ3v) is 6.10. The van der Waals surface area contributed by atoms with Crippen molar-refractivity contribution in [2.75, 3.05) is 26.3 Å². The summed E-state index contributed by atoms with van der Waals surface area (Å²) in [6.45, 7) is 8.39. The molecule has 1 aromatic heterocycles. The molecule has 1 atom stereocenters. The number of hydrogen-bond donors (Lipinski definition) is 1. The highest BCUT2D eigenvalue weighted by molar-refractivity contribution is 6.32. The monoisotopic (exact) mass is 481 g/mol. The molecule has 2 aromatic carbocycles. The van der Waals surface area contributed by atoms with Crippen molar-refractivity contribution in [3.8, 4) is 17.3 Å². The van der Waals surface area contributed by atoms with Gasteiger partial charge in [-0.2, -0.15) is 5.10 Å². The highest BCUT2D eigenvalue weighted by atomic mass is 35.5. The summed E-state index contributed by atoms with van der Waals surface area (Å²) in [5, 5.41) is 15.9. The van der Waals surface area contributed by atoms with E-state index in [0.717, 1.165) is 23.5 Å². The van der Waals surface area contributed by atoms with Gasteiger partial charge < -0.3 is 14.6 Å². The first-order valence-electron chi connectivity index (χ1n) is 11.7. The largest absolute Gasteiger partial charge is 0.437 e.